The number of rotatable bonds is 5. The highest BCUT2D eigenvalue weighted by molar-refractivity contribution is 7.12. The first-order valence-electron chi connectivity index (χ1n) is 13.2. The van der Waals surface area contributed by atoms with Crippen molar-refractivity contribution in [2.45, 2.75) is 24.4 Å². The number of methoxy groups -OCH3 is 1. The van der Waals surface area contributed by atoms with Crippen LogP contribution in [-0.2, 0) is 10.2 Å². The number of ether oxygens (including phenoxy) is 1. The van der Waals surface area contributed by atoms with Gasteiger partial charge in [0, 0.05) is 22.5 Å². The largest absolute Gasteiger partial charge is 0.497 e. The van der Waals surface area contributed by atoms with Crippen LogP contribution in [0.15, 0.2) is 96.4 Å². The molecular weight excluding hydrogens is 520 g/mol. The van der Waals surface area contributed by atoms with Gasteiger partial charge in [-0.2, -0.15) is 0 Å². The Morgan fingerprint density at radius 1 is 0.925 bits per heavy atom. The highest BCUT2D eigenvalue weighted by atomic mass is 32.1. The zero-order valence-electron chi connectivity index (χ0n) is 22.0. The Balaban J connectivity index is 1.54. The second kappa shape index (κ2) is 9.03. The Labute approximate surface area is 235 Å². The molecule has 3 aromatic carbocycles. The van der Waals surface area contributed by atoms with Crippen LogP contribution in [0.4, 0.5) is 11.4 Å². The van der Waals surface area contributed by atoms with Gasteiger partial charge in [0.2, 0.25) is 5.91 Å². The van der Waals surface area contributed by atoms with Crippen LogP contribution < -0.4 is 15.0 Å². The van der Waals surface area contributed by atoms with Crippen LogP contribution in [0, 0.1) is 5.92 Å². The Hall–Kier alpha value is -4.49. The number of nitrogens with zero attached hydrogens (tertiary/aromatic N) is 1. The van der Waals surface area contributed by atoms with E-state index in [2.05, 4.69) is 11.4 Å². The SMILES string of the molecule is COc1ccc(C(=O)[C@H]2[C@@H](C(=O)c3cccs3)[C@]3(C(=O)Nc4ccccc43)[C@@H]3C=C(C)c4ccccc4N32)cc1. The summed E-state index contributed by atoms with van der Waals surface area (Å²) in [7, 11) is 1.58. The van der Waals surface area contributed by atoms with E-state index in [0.717, 1.165) is 22.4 Å². The van der Waals surface area contributed by atoms with Crippen LogP contribution in [-0.4, -0.2) is 36.7 Å². The molecule has 7 heteroatoms. The van der Waals surface area contributed by atoms with E-state index in [0.29, 0.717) is 21.9 Å². The summed E-state index contributed by atoms with van der Waals surface area (Å²) in [4.78, 5) is 46.2. The molecule has 198 valence electrons. The minimum Gasteiger partial charge on any atom is -0.497 e. The van der Waals surface area contributed by atoms with Crippen molar-refractivity contribution in [1.29, 1.82) is 0 Å². The first kappa shape index (κ1) is 24.5. The molecule has 0 radical (unpaired) electrons. The van der Waals surface area contributed by atoms with Gasteiger partial charge in [0.05, 0.1) is 23.9 Å². The number of benzene rings is 3. The number of amides is 1. The van der Waals surface area contributed by atoms with Gasteiger partial charge >= 0.3 is 0 Å². The summed E-state index contributed by atoms with van der Waals surface area (Å²) in [6.45, 7) is 2.03. The first-order chi connectivity index (χ1) is 19.5. The van der Waals surface area contributed by atoms with Crippen molar-refractivity contribution in [3.05, 3.63) is 118 Å². The van der Waals surface area contributed by atoms with Crippen LogP contribution in [0.5, 0.6) is 5.75 Å². The van der Waals surface area contributed by atoms with Gasteiger partial charge in [0.25, 0.3) is 0 Å². The highest BCUT2D eigenvalue weighted by Gasteiger charge is 2.70. The lowest BCUT2D eigenvalue weighted by Crippen LogP contribution is -2.51. The molecule has 3 aliphatic rings. The number of allylic oxidation sites excluding steroid dienone is 1. The minimum atomic E-state index is -1.31. The van der Waals surface area contributed by atoms with Crippen LogP contribution >= 0.6 is 11.3 Å². The number of anilines is 2. The predicted molar refractivity (Wildman–Crippen MR) is 156 cm³/mol. The molecule has 0 unspecified atom stereocenters. The molecule has 1 amide bonds. The van der Waals surface area contributed by atoms with Crippen molar-refractivity contribution < 1.29 is 19.1 Å². The molecule has 4 atom stereocenters. The Morgan fingerprint density at radius 2 is 1.68 bits per heavy atom. The van der Waals surface area contributed by atoms with Crippen molar-refractivity contribution in [3.8, 4) is 5.75 Å². The maximum atomic E-state index is 14.7. The average Bonchev–Trinajstić information content (AvgIpc) is 3.70. The molecule has 1 N–H and O–H groups in total. The number of hydrogen-bond donors (Lipinski definition) is 1. The van der Waals surface area contributed by atoms with E-state index < -0.39 is 23.4 Å². The molecule has 0 bridgehead atoms. The molecule has 1 saturated heterocycles. The lowest BCUT2D eigenvalue weighted by atomic mass is 9.64. The summed E-state index contributed by atoms with van der Waals surface area (Å²) in [5.41, 5.74) is 3.42. The van der Waals surface area contributed by atoms with E-state index in [-0.39, 0.29) is 17.5 Å². The van der Waals surface area contributed by atoms with Gasteiger partial charge < -0.3 is 15.0 Å². The predicted octanol–water partition coefficient (Wildman–Crippen LogP) is 6.00. The summed E-state index contributed by atoms with van der Waals surface area (Å²) < 4.78 is 5.32. The van der Waals surface area contributed by atoms with Gasteiger partial charge in [-0.1, -0.05) is 48.5 Å². The number of Topliss-reactive ketones (excluding diaryl/α,β-unsaturated/α-hetero) is 2. The monoisotopic (exact) mass is 546 g/mol. The topological polar surface area (TPSA) is 75.7 Å². The van der Waals surface area contributed by atoms with Crippen LogP contribution in [0.2, 0.25) is 0 Å². The number of nitrogens with one attached hydrogen (secondary N) is 1. The summed E-state index contributed by atoms with van der Waals surface area (Å²) >= 11 is 1.33. The quantitative estimate of drug-likeness (QED) is 0.311. The van der Waals surface area contributed by atoms with Crippen molar-refractivity contribution in [2.24, 2.45) is 5.92 Å². The number of carbonyl (C=O) groups excluding carboxylic acids is 3. The summed E-state index contributed by atoms with van der Waals surface area (Å²) in [5, 5.41) is 4.93. The van der Waals surface area contributed by atoms with E-state index in [4.69, 9.17) is 4.74 Å². The van der Waals surface area contributed by atoms with Crippen LogP contribution in [0.1, 0.15) is 38.1 Å². The molecule has 4 heterocycles. The van der Waals surface area contributed by atoms with E-state index in [1.54, 1.807) is 37.4 Å². The average molecular weight is 547 g/mol. The van der Waals surface area contributed by atoms with Gasteiger partial charge in [0.15, 0.2) is 11.6 Å². The zero-order chi connectivity index (χ0) is 27.6. The van der Waals surface area contributed by atoms with Crippen molar-refractivity contribution >= 4 is 45.8 Å². The molecule has 1 spiro atoms. The first-order valence-corrected chi connectivity index (χ1v) is 14.1. The summed E-state index contributed by atoms with van der Waals surface area (Å²) in [5.74, 6) is -1.00. The lowest BCUT2D eigenvalue weighted by molar-refractivity contribution is -0.121. The molecule has 7 rings (SSSR count). The second-order valence-corrected chi connectivity index (χ2v) is 11.4. The maximum Gasteiger partial charge on any atom is 0.238 e. The van der Waals surface area contributed by atoms with E-state index >= 15 is 0 Å². The fourth-order valence-corrected chi connectivity index (χ4v) is 7.59. The van der Waals surface area contributed by atoms with Gasteiger partial charge in [-0.3, -0.25) is 14.4 Å². The van der Waals surface area contributed by atoms with Gasteiger partial charge in [-0.25, -0.2) is 0 Å². The number of ketones is 2. The Bertz CT molecular complexity index is 1710. The zero-order valence-corrected chi connectivity index (χ0v) is 22.8. The normalized spacial score (nSPS) is 24.1. The number of thiophene rings is 1. The standard InChI is InChI=1S/C33H26N2O4S/c1-19-18-27-33(23-9-4-5-10-24(23)34-32(33)38)28(31(37)26-12-7-17-40-26)29(35(27)25-11-6-3-8-22(19)25)30(36)20-13-15-21(39-2)16-14-20/h3-18,27-29H,1-2H3,(H,34,38)/t27-,28-,29+,33+/m0/s1. The molecule has 0 saturated carbocycles. The Morgan fingerprint density at radius 3 is 2.42 bits per heavy atom. The molecule has 3 aliphatic heterocycles. The van der Waals surface area contributed by atoms with Crippen molar-refractivity contribution in [1.82, 2.24) is 0 Å². The summed E-state index contributed by atoms with van der Waals surface area (Å²) in [6.07, 6.45) is 2.07. The number of hydrogen-bond acceptors (Lipinski definition) is 6. The minimum absolute atomic E-state index is 0.202. The van der Waals surface area contributed by atoms with Gasteiger partial charge in [-0.15, -0.1) is 11.3 Å². The fraction of sp³-hybridized carbons (Fsp3) is 0.182. The highest BCUT2D eigenvalue weighted by Crippen LogP contribution is 2.59. The molecular formula is C33H26N2O4S. The maximum absolute atomic E-state index is 14.7. The fourth-order valence-electron chi connectivity index (χ4n) is 6.89. The number of para-hydroxylation sites is 2. The molecule has 1 aromatic heterocycles. The second-order valence-electron chi connectivity index (χ2n) is 10.4. The number of fused-ring (bicyclic) bond motifs is 6. The molecule has 4 aromatic rings. The van der Waals surface area contributed by atoms with E-state index in [9.17, 15) is 14.4 Å². The third-order valence-corrected chi connectivity index (χ3v) is 9.46. The van der Waals surface area contributed by atoms with E-state index in [1.807, 2.05) is 71.8 Å². The summed E-state index contributed by atoms with van der Waals surface area (Å²) in [6, 6.07) is 24.6. The molecule has 0 aliphatic carbocycles. The van der Waals surface area contributed by atoms with Gasteiger partial charge in [0.1, 0.15) is 17.2 Å². The lowest BCUT2D eigenvalue weighted by Gasteiger charge is -2.39. The van der Waals surface area contributed by atoms with Crippen molar-refractivity contribution in [2.75, 3.05) is 17.3 Å². The van der Waals surface area contributed by atoms with Crippen LogP contribution in [0.3, 0.4) is 0 Å². The molecule has 1 fully saturated rings. The molecule has 40 heavy (non-hydrogen) atoms. The molecule has 6 nitrogen and oxygen atoms in total. The number of carbonyl (C=O) groups is 3. The van der Waals surface area contributed by atoms with Crippen LogP contribution in [0.25, 0.3) is 5.57 Å². The third-order valence-electron chi connectivity index (χ3n) is 8.57. The third kappa shape index (κ3) is 3.24. The van der Waals surface area contributed by atoms with E-state index in [1.165, 1.54) is 11.3 Å². The Kier molecular flexibility index (Phi) is 5.54. The smallest absolute Gasteiger partial charge is 0.238 e. The van der Waals surface area contributed by atoms with Crippen molar-refractivity contribution in [3.63, 3.8) is 0 Å². The van der Waals surface area contributed by atoms with Gasteiger partial charge in [-0.05, 0) is 65.9 Å².